The fourth-order valence-corrected chi connectivity index (χ4v) is 1.20. The van der Waals surface area contributed by atoms with Crippen molar-refractivity contribution in [3.05, 3.63) is 29.0 Å². The summed E-state index contributed by atoms with van der Waals surface area (Å²) in [5.41, 5.74) is 0.849. The van der Waals surface area contributed by atoms with Crippen LogP contribution in [0.3, 0.4) is 0 Å². The lowest BCUT2D eigenvalue weighted by Gasteiger charge is -2.05. The molecule has 70 valence electrons. The molecule has 1 unspecified atom stereocenters. The summed E-state index contributed by atoms with van der Waals surface area (Å²) in [6.07, 6.45) is 3.62. The predicted octanol–water partition coefficient (Wildman–Crippen LogP) is 2.00. The van der Waals surface area contributed by atoms with Gasteiger partial charge in [0, 0.05) is 12.4 Å². The maximum atomic E-state index is 10.5. The van der Waals surface area contributed by atoms with E-state index in [2.05, 4.69) is 4.98 Å². The highest BCUT2D eigenvalue weighted by molar-refractivity contribution is 6.30. The van der Waals surface area contributed by atoms with Crippen LogP contribution in [0.1, 0.15) is 12.5 Å². The van der Waals surface area contributed by atoms with E-state index < -0.39 is 11.9 Å². The lowest BCUT2D eigenvalue weighted by molar-refractivity contribution is -0.141. The monoisotopic (exact) mass is 199 g/mol. The number of carboxylic acids is 1. The standard InChI is InChI=1S/C9H10ClNO2/c1-6(9(12)13)2-7-3-8(10)5-11-4-7/h3-6H,2H2,1H3,(H,12,13). The van der Waals surface area contributed by atoms with Gasteiger partial charge in [0.05, 0.1) is 10.9 Å². The number of aromatic nitrogens is 1. The van der Waals surface area contributed by atoms with Crippen molar-refractivity contribution in [1.82, 2.24) is 4.98 Å². The lowest BCUT2D eigenvalue weighted by atomic mass is 10.0. The summed E-state index contributed by atoms with van der Waals surface area (Å²) in [6.45, 7) is 1.66. The SMILES string of the molecule is CC(Cc1cncc(Cl)c1)C(=O)O. The first-order valence-corrected chi connectivity index (χ1v) is 4.29. The topological polar surface area (TPSA) is 50.2 Å². The molecular formula is C9H10ClNO2. The number of aliphatic carboxylic acids is 1. The zero-order valence-electron chi connectivity index (χ0n) is 7.20. The first kappa shape index (κ1) is 9.99. The molecule has 0 amide bonds. The first-order chi connectivity index (χ1) is 6.09. The summed E-state index contributed by atoms with van der Waals surface area (Å²) in [7, 11) is 0. The highest BCUT2D eigenvalue weighted by atomic mass is 35.5. The maximum absolute atomic E-state index is 10.5. The number of hydrogen-bond donors (Lipinski definition) is 1. The van der Waals surface area contributed by atoms with Crippen LogP contribution in [0.15, 0.2) is 18.5 Å². The van der Waals surface area contributed by atoms with Gasteiger partial charge in [-0.05, 0) is 18.1 Å². The molecule has 0 radical (unpaired) electrons. The second-order valence-electron chi connectivity index (χ2n) is 2.95. The van der Waals surface area contributed by atoms with Crippen LogP contribution >= 0.6 is 11.6 Å². The lowest BCUT2D eigenvalue weighted by Crippen LogP contribution is -2.12. The van der Waals surface area contributed by atoms with Gasteiger partial charge in [0.2, 0.25) is 0 Å². The van der Waals surface area contributed by atoms with Crippen LogP contribution in [0.2, 0.25) is 5.02 Å². The van der Waals surface area contributed by atoms with Crippen molar-refractivity contribution >= 4 is 17.6 Å². The zero-order chi connectivity index (χ0) is 9.84. The van der Waals surface area contributed by atoms with E-state index in [1.165, 1.54) is 6.20 Å². The Labute approximate surface area is 81.4 Å². The molecule has 1 heterocycles. The number of carbonyl (C=O) groups is 1. The maximum Gasteiger partial charge on any atom is 0.306 e. The van der Waals surface area contributed by atoms with Gasteiger partial charge in [-0.25, -0.2) is 0 Å². The van der Waals surface area contributed by atoms with Crippen molar-refractivity contribution in [2.75, 3.05) is 0 Å². The molecule has 0 aliphatic carbocycles. The number of nitrogens with zero attached hydrogens (tertiary/aromatic N) is 1. The minimum atomic E-state index is -0.806. The summed E-state index contributed by atoms with van der Waals surface area (Å²) < 4.78 is 0. The van der Waals surface area contributed by atoms with E-state index in [1.54, 1.807) is 19.2 Å². The normalized spacial score (nSPS) is 12.5. The van der Waals surface area contributed by atoms with Crippen molar-refractivity contribution in [2.24, 2.45) is 5.92 Å². The smallest absolute Gasteiger partial charge is 0.306 e. The summed E-state index contributed by atoms with van der Waals surface area (Å²) >= 11 is 5.70. The molecule has 1 N–H and O–H groups in total. The van der Waals surface area contributed by atoms with E-state index in [-0.39, 0.29) is 0 Å². The second kappa shape index (κ2) is 4.23. The number of pyridine rings is 1. The van der Waals surface area contributed by atoms with Gasteiger partial charge >= 0.3 is 5.97 Å². The van der Waals surface area contributed by atoms with Crippen molar-refractivity contribution in [3.63, 3.8) is 0 Å². The zero-order valence-corrected chi connectivity index (χ0v) is 7.95. The third-order valence-electron chi connectivity index (χ3n) is 1.72. The van der Waals surface area contributed by atoms with Crippen molar-refractivity contribution in [1.29, 1.82) is 0 Å². The molecular weight excluding hydrogens is 190 g/mol. The second-order valence-corrected chi connectivity index (χ2v) is 3.39. The Morgan fingerprint density at radius 2 is 2.38 bits per heavy atom. The van der Waals surface area contributed by atoms with Crippen LogP contribution in [-0.4, -0.2) is 16.1 Å². The summed E-state index contributed by atoms with van der Waals surface area (Å²) in [4.78, 5) is 14.4. The van der Waals surface area contributed by atoms with Crippen LogP contribution in [0, 0.1) is 5.92 Å². The van der Waals surface area contributed by atoms with E-state index >= 15 is 0 Å². The van der Waals surface area contributed by atoms with Gasteiger partial charge in [0.25, 0.3) is 0 Å². The Bertz CT molecular complexity index is 314. The Hall–Kier alpha value is -1.09. The van der Waals surface area contributed by atoms with Gasteiger partial charge < -0.3 is 5.11 Å². The van der Waals surface area contributed by atoms with Gasteiger partial charge in [-0.15, -0.1) is 0 Å². The average Bonchev–Trinajstić information content (AvgIpc) is 2.04. The van der Waals surface area contributed by atoms with Crippen LogP contribution in [0.4, 0.5) is 0 Å². The molecule has 1 aromatic rings. The number of halogens is 1. The number of rotatable bonds is 3. The summed E-state index contributed by atoms with van der Waals surface area (Å²) in [5.74, 6) is -1.21. The summed E-state index contributed by atoms with van der Waals surface area (Å²) in [5, 5.41) is 9.20. The Kier molecular flexibility index (Phi) is 3.25. The average molecular weight is 200 g/mol. The number of carboxylic acid groups (broad SMARTS) is 1. The Balaban J connectivity index is 2.69. The molecule has 0 aromatic carbocycles. The quantitative estimate of drug-likeness (QED) is 0.810. The third-order valence-corrected chi connectivity index (χ3v) is 1.93. The van der Waals surface area contributed by atoms with Gasteiger partial charge in [-0.3, -0.25) is 9.78 Å². The molecule has 4 heteroatoms. The fourth-order valence-electron chi connectivity index (χ4n) is 1.01. The molecule has 1 atom stereocenters. The molecule has 0 saturated carbocycles. The highest BCUT2D eigenvalue weighted by Crippen LogP contribution is 2.12. The van der Waals surface area contributed by atoms with Crippen LogP contribution in [-0.2, 0) is 11.2 Å². The molecule has 1 rings (SSSR count). The molecule has 13 heavy (non-hydrogen) atoms. The Morgan fingerprint density at radius 3 is 2.92 bits per heavy atom. The molecule has 0 bridgehead atoms. The minimum absolute atomic E-state index is 0.403. The fraction of sp³-hybridized carbons (Fsp3) is 0.333. The molecule has 1 aromatic heterocycles. The molecule has 0 spiro atoms. The van der Waals surface area contributed by atoms with Crippen molar-refractivity contribution in [2.45, 2.75) is 13.3 Å². The van der Waals surface area contributed by atoms with Crippen LogP contribution in [0.25, 0.3) is 0 Å². The number of hydrogen-bond acceptors (Lipinski definition) is 2. The predicted molar refractivity (Wildman–Crippen MR) is 49.8 cm³/mol. The molecule has 3 nitrogen and oxygen atoms in total. The van der Waals surface area contributed by atoms with E-state index in [0.29, 0.717) is 11.4 Å². The third kappa shape index (κ3) is 3.03. The summed E-state index contributed by atoms with van der Waals surface area (Å²) in [6, 6.07) is 1.73. The van der Waals surface area contributed by atoms with Gasteiger partial charge in [-0.1, -0.05) is 18.5 Å². The molecule has 0 saturated heterocycles. The van der Waals surface area contributed by atoms with Crippen molar-refractivity contribution in [3.8, 4) is 0 Å². The van der Waals surface area contributed by atoms with E-state index in [4.69, 9.17) is 16.7 Å². The largest absolute Gasteiger partial charge is 0.481 e. The van der Waals surface area contributed by atoms with Crippen molar-refractivity contribution < 1.29 is 9.90 Å². The van der Waals surface area contributed by atoms with E-state index in [9.17, 15) is 4.79 Å². The van der Waals surface area contributed by atoms with Gasteiger partial charge in [0.15, 0.2) is 0 Å². The minimum Gasteiger partial charge on any atom is -0.481 e. The molecule has 0 aliphatic rings. The van der Waals surface area contributed by atoms with E-state index in [0.717, 1.165) is 5.56 Å². The highest BCUT2D eigenvalue weighted by Gasteiger charge is 2.11. The Morgan fingerprint density at radius 1 is 1.69 bits per heavy atom. The van der Waals surface area contributed by atoms with Gasteiger partial charge in [0.1, 0.15) is 0 Å². The molecule has 0 fully saturated rings. The first-order valence-electron chi connectivity index (χ1n) is 3.92. The van der Waals surface area contributed by atoms with Crippen LogP contribution < -0.4 is 0 Å². The van der Waals surface area contributed by atoms with E-state index in [1.807, 2.05) is 0 Å². The van der Waals surface area contributed by atoms with Gasteiger partial charge in [-0.2, -0.15) is 0 Å². The van der Waals surface area contributed by atoms with Crippen LogP contribution in [0.5, 0.6) is 0 Å². The molecule has 0 aliphatic heterocycles.